The number of H-pyrrole nitrogens is 1. The van der Waals surface area contributed by atoms with Gasteiger partial charge in [0.05, 0.1) is 18.6 Å². The number of nitrogens with one attached hydrogen (secondary N) is 1. The lowest BCUT2D eigenvalue weighted by Crippen LogP contribution is -2.46. The molecule has 0 saturated carbocycles. The number of benzene rings is 3. The maximum absolute atomic E-state index is 13.5. The molecule has 0 unspecified atom stereocenters. The predicted molar refractivity (Wildman–Crippen MR) is 118 cm³/mol. The van der Waals surface area contributed by atoms with E-state index < -0.39 is 6.10 Å². The zero-order chi connectivity index (χ0) is 21.0. The summed E-state index contributed by atoms with van der Waals surface area (Å²) in [6.07, 6.45) is 2.59. The molecule has 4 aromatic rings. The summed E-state index contributed by atoms with van der Waals surface area (Å²) < 4.78 is 11.7. The van der Waals surface area contributed by atoms with Crippen LogP contribution in [0.2, 0.25) is 0 Å². The molecule has 1 aliphatic rings. The van der Waals surface area contributed by atoms with Gasteiger partial charge in [-0.05, 0) is 35.4 Å². The number of imidazole rings is 1. The summed E-state index contributed by atoms with van der Waals surface area (Å²) in [5, 5.41) is 0. The third-order valence-electron chi connectivity index (χ3n) is 5.22. The number of nitrogens with zero attached hydrogens (tertiary/aromatic N) is 2. The Kier molecular flexibility index (Phi) is 5.10. The van der Waals surface area contributed by atoms with Gasteiger partial charge in [0.2, 0.25) is 6.10 Å². The molecule has 0 bridgehead atoms. The summed E-state index contributed by atoms with van der Waals surface area (Å²) in [6, 6.07) is 25.5. The molecule has 0 spiro atoms. The number of aromatic amines is 1. The molecule has 1 aromatic heterocycles. The molecule has 0 saturated heterocycles. The lowest BCUT2D eigenvalue weighted by Gasteiger charge is -2.30. The fourth-order valence-corrected chi connectivity index (χ4v) is 3.62. The second-order valence-corrected chi connectivity index (χ2v) is 7.28. The Morgan fingerprint density at radius 3 is 2.39 bits per heavy atom. The van der Waals surface area contributed by atoms with Crippen LogP contribution >= 0.6 is 0 Å². The highest BCUT2D eigenvalue weighted by atomic mass is 16.6. The van der Waals surface area contributed by atoms with E-state index in [9.17, 15) is 4.79 Å². The monoisotopic (exact) mass is 411 g/mol. The molecule has 0 radical (unpaired) electrons. The number of hydrogen-bond donors (Lipinski definition) is 1. The van der Waals surface area contributed by atoms with Crippen molar-refractivity contribution in [3.63, 3.8) is 0 Å². The van der Waals surface area contributed by atoms with E-state index in [4.69, 9.17) is 9.47 Å². The number of hydrogen-bond acceptors (Lipinski definition) is 4. The molecule has 0 fully saturated rings. The van der Waals surface area contributed by atoms with E-state index in [0.717, 1.165) is 22.5 Å². The second kappa shape index (κ2) is 8.36. The van der Waals surface area contributed by atoms with Crippen LogP contribution in [-0.2, 0) is 11.3 Å². The van der Waals surface area contributed by atoms with Gasteiger partial charge in [-0.3, -0.25) is 4.79 Å². The Hall–Kier alpha value is -4.06. The molecule has 5 rings (SSSR count). The molecule has 1 amide bonds. The number of para-hydroxylation sites is 2. The normalized spacial score (nSPS) is 14.8. The van der Waals surface area contributed by atoms with Crippen LogP contribution in [0.5, 0.6) is 11.5 Å². The van der Waals surface area contributed by atoms with Crippen LogP contribution in [0.1, 0.15) is 5.69 Å². The number of fused-ring (bicyclic) bond motifs is 1. The first-order chi connectivity index (χ1) is 15.3. The number of amides is 1. The summed E-state index contributed by atoms with van der Waals surface area (Å²) >= 11 is 0. The van der Waals surface area contributed by atoms with Gasteiger partial charge in [-0.15, -0.1) is 0 Å². The largest absolute Gasteiger partial charge is 0.485 e. The Bertz CT molecular complexity index is 1160. The van der Waals surface area contributed by atoms with Crippen molar-refractivity contribution in [2.45, 2.75) is 12.6 Å². The van der Waals surface area contributed by atoms with E-state index in [1.807, 2.05) is 66.7 Å². The highest BCUT2D eigenvalue weighted by Gasteiger charge is 2.32. The van der Waals surface area contributed by atoms with Crippen molar-refractivity contribution in [1.29, 1.82) is 0 Å². The van der Waals surface area contributed by atoms with Crippen molar-refractivity contribution in [3.05, 3.63) is 97.1 Å². The van der Waals surface area contributed by atoms with Crippen molar-refractivity contribution in [1.82, 2.24) is 9.97 Å². The Balaban J connectivity index is 1.42. The summed E-state index contributed by atoms with van der Waals surface area (Å²) in [6.45, 7) is 0.516. The predicted octanol–water partition coefficient (Wildman–Crippen LogP) is 4.45. The molecule has 154 valence electrons. The second-order valence-electron chi connectivity index (χ2n) is 7.28. The minimum Gasteiger partial charge on any atom is -0.485 e. The van der Waals surface area contributed by atoms with Gasteiger partial charge in [0.25, 0.3) is 5.91 Å². The summed E-state index contributed by atoms with van der Waals surface area (Å²) in [5.41, 5.74) is 3.82. The lowest BCUT2D eigenvalue weighted by molar-refractivity contribution is -0.127. The van der Waals surface area contributed by atoms with Crippen LogP contribution < -0.4 is 14.4 Å². The van der Waals surface area contributed by atoms with E-state index in [1.54, 1.807) is 17.4 Å². The van der Waals surface area contributed by atoms with Crippen LogP contribution in [0.3, 0.4) is 0 Å². The molecule has 6 heteroatoms. The highest BCUT2D eigenvalue weighted by molar-refractivity contribution is 5.97. The molecule has 3 aromatic carbocycles. The molecular formula is C25H21N3O3. The number of anilines is 1. The van der Waals surface area contributed by atoms with Gasteiger partial charge in [0, 0.05) is 11.9 Å². The number of aromatic nitrogens is 2. The quantitative estimate of drug-likeness (QED) is 0.527. The van der Waals surface area contributed by atoms with Crippen molar-refractivity contribution in [3.8, 4) is 22.6 Å². The first-order valence-corrected chi connectivity index (χ1v) is 10.1. The average molecular weight is 411 g/mol. The van der Waals surface area contributed by atoms with Crippen molar-refractivity contribution in [2.75, 3.05) is 11.5 Å². The first kappa shape index (κ1) is 18.9. The van der Waals surface area contributed by atoms with Gasteiger partial charge >= 0.3 is 0 Å². The maximum Gasteiger partial charge on any atom is 0.272 e. The highest BCUT2D eigenvalue weighted by Crippen LogP contribution is 2.32. The third-order valence-corrected chi connectivity index (χ3v) is 5.22. The van der Waals surface area contributed by atoms with E-state index in [1.165, 1.54) is 0 Å². The van der Waals surface area contributed by atoms with E-state index >= 15 is 0 Å². The van der Waals surface area contributed by atoms with Crippen LogP contribution in [0.4, 0.5) is 5.69 Å². The molecule has 1 aliphatic heterocycles. The van der Waals surface area contributed by atoms with Gasteiger partial charge < -0.3 is 19.4 Å². The Labute approximate surface area is 180 Å². The standard InChI is InChI=1S/C25H21N3O3/c29-25(24-16-30-22-8-4-5-9-23(22)31-24)28(15-20-14-26-17-27-20)21-12-10-19(11-13-21)18-6-2-1-3-7-18/h1-14,17,24H,15-16H2,(H,26,27)/t24-/m1/s1. The Morgan fingerprint density at radius 2 is 1.65 bits per heavy atom. The maximum atomic E-state index is 13.5. The van der Waals surface area contributed by atoms with E-state index in [2.05, 4.69) is 22.1 Å². The van der Waals surface area contributed by atoms with E-state index in [-0.39, 0.29) is 12.5 Å². The van der Waals surface area contributed by atoms with Crippen LogP contribution in [0.25, 0.3) is 11.1 Å². The zero-order valence-corrected chi connectivity index (χ0v) is 16.8. The van der Waals surface area contributed by atoms with Crippen LogP contribution in [-0.4, -0.2) is 28.6 Å². The first-order valence-electron chi connectivity index (χ1n) is 10.1. The topological polar surface area (TPSA) is 67.5 Å². The molecular weight excluding hydrogens is 390 g/mol. The summed E-state index contributed by atoms with van der Waals surface area (Å²) in [5.74, 6) is 1.06. The van der Waals surface area contributed by atoms with Crippen LogP contribution in [0, 0.1) is 0 Å². The van der Waals surface area contributed by atoms with Crippen LogP contribution in [0.15, 0.2) is 91.4 Å². The van der Waals surface area contributed by atoms with Gasteiger partial charge in [-0.2, -0.15) is 0 Å². The molecule has 2 heterocycles. The molecule has 1 atom stereocenters. The van der Waals surface area contributed by atoms with Gasteiger partial charge in [0.1, 0.15) is 6.61 Å². The van der Waals surface area contributed by atoms with E-state index in [0.29, 0.717) is 18.0 Å². The van der Waals surface area contributed by atoms with Crippen molar-refractivity contribution in [2.24, 2.45) is 0 Å². The van der Waals surface area contributed by atoms with Gasteiger partial charge in [-0.25, -0.2) is 4.98 Å². The Morgan fingerprint density at radius 1 is 0.935 bits per heavy atom. The van der Waals surface area contributed by atoms with Crippen molar-refractivity contribution >= 4 is 11.6 Å². The molecule has 0 aliphatic carbocycles. The number of carbonyl (C=O) groups is 1. The lowest BCUT2D eigenvalue weighted by atomic mass is 10.1. The number of carbonyl (C=O) groups excluding carboxylic acids is 1. The minimum absolute atomic E-state index is 0.164. The molecule has 31 heavy (non-hydrogen) atoms. The fourth-order valence-electron chi connectivity index (χ4n) is 3.62. The van der Waals surface area contributed by atoms with Gasteiger partial charge in [-0.1, -0.05) is 54.6 Å². The SMILES string of the molecule is O=C([C@H]1COc2ccccc2O1)N(Cc1cnc[nH]1)c1ccc(-c2ccccc2)cc1. The van der Waals surface area contributed by atoms with Crippen molar-refractivity contribution < 1.29 is 14.3 Å². The smallest absolute Gasteiger partial charge is 0.272 e. The fraction of sp³-hybridized carbons (Fsp3) is 0.120. The average Bonchev–Trinajstić information content (AvgIpc) is 3.36. The van der Waals surface area contributed by atoms with Gasteiger partial charge in [0.15, 0.2) is 11.5 Å². The number of ether oxygens (including phenoxy) is 2. The molecule has 6 nitrogen and oxygen atoms in total. The zero-order valence-electron chi connectivity index (χ0n) is 16.8. The number of rotatable bonds is 5. The summed E-state index contributed by atoms with van der Waals surface area (Å²) in [7, 11) is 0. The molecule has 1 N–H and O–H groups in total. The third kappa shape index (κ3) is 4.00. The summed E-state index contributed by atoms with van der Waals surface area (Å²) in [4.78, 5) is 22.3. The minimum atomic E-state index is -0.730.